The Morgan fingerprint density at radius 2 is 2.12 bits per heavy atom. The summed E-state index contributed by atoms with van der Waals surface area (Å²) in [6, 6.07) is 3.34. The number of amides is 3. The van der Waals surface area contributed by atoms with Gasteiger partial charge < -0.3 is 20.7 Å². The SMILES string of the molecule is CC(NC(=O)c1ccc2c(n1)N(C(=O)Nc1cc(OCCN)ccn1)[C@H]1CCN2C1)C(F)(F)F. The molecule has 4 rings (SSSR count). The quantitative estimate of drug-likeness (QED) is 0.580. The molecule has 1 fully saturated rings. The van der Waals surface area contributed by atoms with Gasteiger partial charge in [0, 0.05) is 31.9 Å². The van der Waals surface area contributed by atoms with Crippen LogP contribution >= 0.6 is 0 Å². The fraction of sp³-hybridized carbons (Fsp3) is 0.429. The van der Waals surface area contributed by atoms with Crippen LogP contribution in [0.25, 0.3) is 0 Å². The van der Waals surface area contributed by atoms with Crippen molar-refractivity contribution in [3.8, 4) is 5.75 Å². The lowest BCUT2D eigenvalue weighted by molar-refractivity contribution is -0.149. The van der Waals surface area contributed by atoms with Crippen LogP contribution in [-0.4, -0.2) is 66.4 Å². The number of carbonyl (C=O) groups is 2. The molecular formula is C21H24F3N7O3. The van der Waals surface area contributed by atoms with E-state index in [2.05, 4.69) is 15.3 Å². The molecule has 2 aliphatic heterocycles. The molecule has 0 aliphatic carbocycles. The average Bonchev–Trinajstić information content (AvgIpc) is 3.21. The van der Waals surface area contributed by atoms with Gasteiger partial charge in [0.1, 0.15) is 29.9 Å². The zero-order chi connectivity index (χ0) is 24.5. The Bertz CT molecular complexity index is 1080. The highest BCUT2D eigenvalue weighted by molar-refractivity contribution is 6.05. The molecule has 13 heteroatoms. The number of fused-ring (bicyclic) bond motifs is 4. The number of halogens is 3. The minimum atomic E-state index is -4.59. The minimum absolute atomic E-state index is 0.203. The van der Waals surface area contributed by atoms with E-state index in [1.807, 2.05) is 10.2 Å². The Balaban J connectivity index is 1.58. The molecule has 1 unspecified atom stereocenters. The summed E-state index contributed by atoms with van der Waals surface area (Å²) in [7, 11) is 0. The Morgan fingerprint density at radius 1 is 1.32 bits per heavy atom. The van der Waals surface area contributed by atoms with Crippen LogP contribution in [0, 0.1) is 0 Å². The second-order valence-electron chi connectivity index (χ2n) is 7.98. The molecular weight excluding hydrogens is 455 g/mol. The first-order chi connectivity index (χ1) is 16.2. The summed E-state index contributed by atoms with van der Waals surface area (Å²) < 4.78 is 44.0. The van der Waals surface area contributed by atoms with Crippen LogP contribution in [0.5, 0.6) is 5.75 Å². The van der Waals surface area contributed by atoms with Crippen molar-refractivity contribution in [2.24, 2.45) is 5.73 Å². The first-order valence-electron chi connectivity index (χ1n) is 10.7. The first-order valence-corrected chi connectivity index (χ1v) is 10.7. The predicted molar refractivity (Wildman–Crippen MR) is 118 cm³/mol. The molecule has 0 aromatic carbocycles. The molecule has 0 saturated carbocycles. The summed E-state index contributed by atoms with van der Waals surface area (Å²) in [5.74, 6) is -0.0477. The zero-order valence-corrected chi connectivity index (χ0v) is 18.3. The van der Waals surface area contributed by atoms with E-state index in [9.17, 15) is 22.8 Å². The highest BCUT2D eigenvalue weighted by Gasteiger charge is 2.41. The number of nitrogens with one attached hydrogen (secondary N) is 2. The standard InChI is InChI=1S/C21H24F3N7O3/c1-12(21(22,23)24)27-19(32)15-2-3-16-18(28-15)31(13-5-8-30(16)11-13)20(33)29-17-10-14(4-7-26-17)34-9-6-25/h2-4,7,10,12-13H,5-6,8-9,11,25H2,1H3,(H,27,32)(H,26,29,33)/t12?,13-/m0/s1. The van der Waals surface area contributed by atoms with Gasteiger partial charge in [0.2, 0.25) is 0 Å². The molecule has 1 saturated heterocycles. The summed E-state index contributed by atoms with van der Waals surface area (Å²) in [4.78, 5) is 37.5. The van der Waals surface area contributed by atoms with Gasteiger partial charge in [-0.3, -0.25) is 15.0 Å². The molecule has 2 aliphatic rings. The van der Waals surface area contributed by atoms with Crippen LogP contribution in [0.4, 0.5) is 35.3 Å². The molecule has 0 spiro atoms. The average molecular weight is 479 g/mol. The monoisotopic (exact) mass is 479 g/mol. The normalized spacial score (nSPS) is 17.7. The lowest BCUT2D eigenvalue weighted by Crippen LogP contribution is -2.49. The number of alkyl halides is 3. The van der Waals surface area contributed by atoms with Crippen molar-refractivity contribution in [1.82, 2.24) is 15.3 Å². The molecule has 4 heterocycles. The molecule has 3 amide bonds. The van der Waals surface area contributed by atoms with Crippen LogP contribution in [0.3, 0.4) is 0 Å². The highest BCUT2D eigenvalue weighted by atomic mass is 19.4. The lowest BCUT2D eigenvalue weighted by Gasteiger charge is -2.35. The van der Waals surface area contributed by atoms with Crippen LogP contribution in [0.2, 0.25) is 0 Å². The topological polar surface area (TPSA) is 126 Å². The zero-order valence-electron chi connectivity index (χ0n) is 18.3. The van der Waals surface area contributed by atoms with Gasteiger partial charge in [0.25, 0.3) is 5.91 Å². The van der Waals surface area contributed by atoms with Crippen LogP contribution in [0.15, 0.2) is 30.5 Å². The summed E-state index contributed by atoms with van der Waals surface area (Å²) in [6.45, 7) is 2.74. The third-order valence-corrected chi connectivity index (χ3v) is 5.59. The summed E-state index contributed by atoms with van der Waals surface area (Å²) in [6.07, 6.45) is -2.44. The molecule has 10 nitrogen and oxygen atoms in total. The first kappa shape index (κ1) is 23.5. The van der Waals surface area contributed by atoms with Crippen molar-refractivity contribution in [2.45, 2.75) is 31.6 Å². The maximum atomic E-state index is 13.2. The highest BCUT2D eigenvalue weighted by Crippen LogP contribution is 2.39. The number of rotatable bonds is 6. The summed E-state index contributed by atoms with van der Waals surface area (Å²) in [5, 5.41) is 4.61. The van der Waals surface area contributed by atoms with E-state index in [1.165, 1.54) is 17.2 Å². The Hall–Kier alpha value is -3.61. The van der Waals surface area contributed by atoms with Gasteiger partial charge >= 0.3 is 12.2 Å². The maximum absolute atomic E-state index is 13.2. The Labute approximate surface area is 193 Å². The van der Waals surface area contributed by atoms with E-state index < -0.39 is 24.2 Å². The van der Waals surface area contributed by atoms with Gasteiger partial charge in [0.05, 0.1) is 11.7 Å². The molecule has 34 heavy (non-hydrogen) atoms. The number of ether oxygens (including phenoxy) is 1. The molecule has 4 N–H and O–H groups in total. The second kappa shape index (κ2) is 9.33. The van der Waals surface area contributed by atoms with E-state index in [0.29, 0.717) is 44.1 Å². The Morgan fingerprint density at radius 3 is 2.85 bits per heavy atom. The minimum Gasteiger partial charge on any atom is -0.492 e. The number of hydrogen-bond acceptors (Lipinski definition) is 7. The number of pyridine rings is 2. The molecule has 2 bridgehead atoms. The van der Waals surface area contributed by atoms with E-state index in [0.717, 1.165) is 6.92 Å². The van der Waals surface area contributed by atoms with Gasteiger partial charge in [-0.25, -0.2) is 14.8 Å². The van der Waals surface area contributed by atoms with E-state index >= 15 is 0 Å². The smallest absolute Gasteiger partial charge is 0.408 e. The number of anilines is 3. The van der Waals surface area contributed by atoms with Crippen LogP contribution in [0.1, 0.15) is 23.8 Å². The van der Waals surface area contributed by atoms with Crippen molar-refractivity contribution in [1.29, 1.82) is 0 Å². The van der Waals surface area contributed by atoms with Crippen molar-refractivity contribution in [2.75, 3.05) is 41.4 Å². The van der Waals surface area contributed by atoms with E-state index in [-0.39, 0.29) is 23.4 Å². The fourth-order valence-electron chi connectivity index (χ4n) is 3.87. The number of urea groups is 1. The summed E-state index contributed by atoms with van der Waals surface area (Å²) in [5.41, 5.74) is 5.85. The van der Waals surface area contributed by atoms with Crippen molar-refractivity contribution in [3.05, 3.63) is 36.2 Å². The molecule has 182 valence electrons. The molecule has 2 atom stereocenters. The fourth-order valence-corrected chi connectivity index (χ4v) is 3.87. The number of nitrogens with two attached hydrogens (primary N) is 1. The molecule has 2 aromatic rings. The van der Waals surface area contributed by atoms with Gasteiger partial charge in [-0.05, 0) is 31.5 Å². The maximum Gasteiger partial charge on any atom is 0.408 e. The van der Waals surface area contributed by atoms with Crippen molar-refractivity contribution < 1.29 is 27.5 Å². The number of carbonyl (C=O) groups excluding carboxylic acids is 2. The van der Waals surface area contributed by atoms with Crippen LogP contribution in [-0.2, 0) is 0 Å². The molecule has 2 aromatic heterocycles. The number of hydrogen-bond donors (Lipinski definition) is 3. The van der Waals surface area contributed by atoms with E-state index in [1.54, 1.807) is 18.2 Å². The van der Waals surface area contributed by atoms with E-state index in [4.69, 9.17) is 10.5 Å². The third kappa shape index (κ3) is 4.83. The van der Waals surface area contributed by atoms with Gasteiger partial charge in [-0.1, -0.05) is 0 Å². The van der Waals surface area contributed by atoms with Gasteiger partial charge in [-0.15, -0.1) is 0 Å². The largest absolute Gasteiger partial charge is 0.492 e. The molecule has 0 radical (unpaired) electrons. The van der Waals surface area contributed by atoms with Gasteiger partial charge in [0.15, 0.2) is 5.82 Å². The third-order valence-electron chi connectivity index (χ3n) is 5.59. The Kier molecular flexibility index (Phi) is 6.46. The summed E-state index contributed by atoms with van der Waals surface area (Å²) >= 11 is 0. The predicted octanol–water partition coefficient (Wildman–Crippen LogP) is 2.13. The van der Waals surface area contributed by atoms with Crippen molar-refractivity contribution >= 4 is 29.3 Å². The van der Waals surface area contributed by atoms with Crippen molar-refractivity contribution in [3.63, 3.8) is 0 Å². The van der Waals surface area contributed by atoms with Crippen LogP contribution < -0.4 is 30.9 Å². The van der Waals surface area contributed by atoms with Gasteiger partial charge in [-0.2, -0.15) is 13.2 Å². The number of aromatic nitrogens is 2. The number of nitrogens with zero attached hydrogens (tertiary/aromatic N) is 4. The second-order valence-corrected chi connectivity index (χ2v) is 7.98. The lowest BCUT2D eigenvalue weighted by atomic mass is 10.1.